The Hall–Kier alpha value is -4.10. The van der Waals surface area contributed by atoms with Crippen molar-refractivity contribution in [3.05, 3.63) is 137 Å². The van der Waals surface area contributed by atoms with Gasteiger partial charge in [0, 0.05) is 22.5 Å². The predicted molar refractivity (Wildman–Crippen MR) is 216 cm³/mol. The average molecular weight is 660 g/mol. The number of unbranched alkanes of at least 4 members (excludes halogenated alkanes) is 8. The van der Waals surface area contributed by atoms with Gasteiger partial charge in [-0.3, -0.25) is 0 Å². The molecule has 0 fully saturated rings. The fourth-order valence-electron chi connectivity index (χ4n) is 8.80. The third-order valence-electron chi connectivity index (χ3n) is 11.8. The van der Waals surface area contributed by atoms with Gasteiger partial charge in [-0.2, -0.15) is 0 Å². The van der Waals surface area contributed by atoms with E-state index in [0.717, 1.165) is 0 Å². The molecule has 5 aromatic rings. The van der Waals surface area contributed by atoms with Crippen molar-refractivity contribution in [2.24, 2.45) is 0 Å². The number of aryl methyl sites for hydroxylation is 4. The fraction of sp³-hybridized carbons (Fsp3) is 0.388. The predicted octanol–water partition coefficient (Wildman–Crippen LogP) is 14.5. The van der Waals surface area contributed by atoms with E-state index >= 15 is 0 Å². The summed E-state index contributed by atoms with van der Waals surface area (Å²) in [5.74, 6) is 0. The molecule has 0 heterocycles. The lowest BCUT2D eigenvalue weighted by molar-refractivity contribution is 0.399. The molecule has 0 unspecified atom stereocenters. The smallest absolute Gasteiger partial charge is 0.0467 e. The zero-order chi connectivity index (χ0) is 34.5. The molecule has 0 N–H and O–H groups in total. The van der Waals surface area contributed by atoms with E-state index in [1.54, 1.807) is 11.1 Å². The van der Waals surface area contributed by atoms with Gasteiger partial charge in [-0.1, -0.05) is 156 Å². The summed E-state index contributed by atoms with van der Waals surface area (Å²) >= 11 is 0. The van der Waals surface area contributed by atoms with Gasteiger partial charge >= 0.3 is 0 Å². The molecule has 0 aliphatic heterocycles. The second kappa shape index (κ2) is 15.4. The lowest BCUT2D eigenvalue weighted by Crippen LogP contribution is -2.26. The topological polar surface area (TPSA) is 3.24 Å². The fourth-order valence-corrected chi connectivity index (χ4v) is 8.80. The maximum Gasteiger partial charge on any atom is 0.0467 e. The molecule has 258 valence electrons. The van der Waals surface area contributed by atoms with Crippen molar-refractivity contribution in [2.45, 2.75) is 123 Å². The van der Waals surface area contributed by atoms with Gasteiger partial charge in [0.15, 0.2) is 0 Å². The minimum atomic E-state index is 0.0534. The third-order valence-corrected chi connectivity index (χ3v) is 11.8. The highest BCUT2D eigenvalue weighted by Crippen LogP contribution is 2.56. The molecular weight excluding hydrogens is 603 g/mol. The molecule has 2 aliphatic carbocycles. The number of hydrogen-bond donors (Lipinski definition) is 0. The van der Waals surface area contributed by atoms with Gasteiger partial charge in [0.25, 0.3) is 0 Å². The van der Waals surface area contributed by atoms with Crippen molar-refractivity contribution in [1.82, 2.24) is 0 Å². The zero-order valence-corrected chi connectivity index (χ0v) is 31.2. The van der Waals surface area contributed by atoms with Gasteiger partial charge in [-0.05, 0) is 120 Å². The number of rotatable bonds is 16. The van der Waals surface area contributed by atoms with Crippen LogP contribution < -0.4 is 4.90 Å². The van der Waals surface area contributed by atoms with Crippen LogP contribution >= 0.6 is 0 Å². The number of fused-ring (bicyclic) bond motifs is 4. The van der Waals surface area contributed by atoms with Crippen LogP contribution in [0.2, 0.25) is 0 Å². The average Bonchev–Trinajstić information content (AvgIpc) is 3.37. The quantitative estimate of drug-likeness (QED) is 0.0953. The summed E-state index contributed by atoms with van der Waals surface area (Å²) in [7, 11) is 0. The summed E-state index contributed by atoms with van der Waals surface area (Å²) in [6.45, 7) is 9.12. The first kappa shape index (κ1) is 34.4. The van der Waals surface area contributed by atoms with Crippen LogP contribution in [0.3, 0.4) is 0 Å². The van der Waals surface area contributed by atoms with Gasteiger partial charge in [-0.15, -0.1) is 0 Å². The zero-order valence-electron chi connectivity index (χ0n) is 31.2. The molecule has 0 saturated heterocycles. The highest BCUT2D eigenvalue weighted by Gasteiger charge is 2.42. The first-order valence-electron chi connectivity index (χ1n) is 19.9. The Bertz CT molecular complexity index is 1900. The van der Waals surface area contributed by atoms with E-state index in [1.165, 1.54) is 151 Å². The summed E-state index contributed by atoms with van der Waals surface area (Å²) in [6.07, 6.45) is 18.1. The summed E-state index contributed by atoms with van der Waals surface area (Å²) in [5, 5.41) is 0. The Kier molecular flexibility index (Phi) is 10.6. The standard InChI is InChI=1S/C49H57N/c1-5-7-9-11-13-30-49(31-14-12-10-8-6-2)47-32-37(4)20-28-45(47)46-29-27-44(35-48(46)49)50(42-25-18-36(3)19-26-42)43-17-15-16-39(34-43)41-24-22-38-21-23-40(38)33-41/h15-20,22,24-29,32-35H,5-14,21,23,30-31H2,1-4H3. The first-order valence-corrected chi connectivity index (χ1v) is 19.9. The summed E-state index contributed by atoms with van der Waals surface area (Å²) in [4.78, 5) is 2.51. The SMILES string of the molecule is CCCCCCCC1(CCCCCCC)c2cc(C)ccc2-c2ccc(N(c3ccc(C)cc3)c3cccc(-c4ccc5c(c4)CC5)c3)cc21. The Balaban J connectivity index is 1.34. The number of benzene rings is 5. The summed E-state index contributed by atoms with van der Waals surface area (Å²) < 4.78 is 0. The van der Waals surface area contributed by atoms with Crippen LogP contribution in [0.4, 0.5) is 17.1 Å². The van der Waals surface area contributed by atoms with E-state index < -0.39 is 0 Å². The lowest BCUT2D eigenvalue weighted by Gasteiger charge is -2.34. The van der Waals surface area contributed by atoms with Crippen LogP contribution in [-0.4, -0.2) is 0 Å². The van der Waals surface area contributed by atoms with E-state index in [9.17, 15) is 0 Å². The van der Waals surface area contributed by atoms with E-state index in [4.69, 9.17) is 0 Å². The van der Waals surface area contributed by atoms with Crippen molar-refractivity contribution < 1.29 is 0 Å². The molecule has 0 saturated carbocycles. The number of nitrogens with zero attached hydrogens (tertiary/aromatic N) is 1. The molecule has 50 heavy (non-hydrogen) atoms. The monoisotopic (exact) mass is 659 g/mol. The Morgan fingerprint density at radius 1 is 0.480 bits per heavy atom. The molecule has 7 rings (SSSR count). The minimum absolute atomic E-state index is 0.0534. The van der Waals surface area contributed by atoms with E-state index in [0.29, 0.717) is 0 Å². The van der Waals surface area contributed by atoms with E-state index in [-0.39, 0.29) is 5.41 Å². The Morgan fingerprint density at radius 3 is 1.72 bits per heavy atom. The molecule has 0 amide bonds. The van der Waals surface area contributed by atoms with Crippen LogP contribution in [0, 0.1) is 13.8 Å². The van der Waals surface area contributed by atoms with Crippen molar-refractivity contribution in [1.29, 1.82) is 0 Å². The maximum absolute atomic E-state index is 2.60. The molecule has 0 spiro atoms. The summed E-state index contributed by atoms with van der Waals surface area (Å²) in [5.41, 5.74) is 18.1. The van der Waals surface area contributed by atoms with Crippen LogP contribution in [0.25, 0.3) is 22.3 Å². The molecule has 2 aliphatic rings. The van der Waals surface area contributed by atoms with Gasteiger partial charge in [0.2, 0.25) is 0 Å². The molecular formula is C49H57N. The van der Waals surface area contributed by atoms with E-state index in [1.807, 2.05) is 0 Å². The summed E-state index contributed by atoms with van der Waals surface area (Å²) in [6, 6.07) is 40.1. The van der Waals surface area contributed by atoms with E-state index in [2.05, 4.69) is 136 Å². The first-order chi connectivity index (χ1) is 24.5. The Labute approximate surface area is 302 Å². The molecule has 0 atom stereocenters. The van der Waals surface area contributed by atoms with Crippen LogP contribution in [0.1, 0.15) is 124 Å². The van der Waals surface area contributed by atoms with Crippen LogP contribution in [0.15, 0.2) is 103 Å². The van der Waals surface area contributed by atoms with Crippen molar-refractivity contribution in [3.63, 3.8) is 0 Å². The molecule has 0 bridgehead atoms. The second-order valence-electron chi connectivity index (χ2n) is 15.4. The second-order valence-corrected chi connectivity index (χ2v) is 15.4. The molecule has 0 radical (unpaired) electrons. The molecule has 5 aromatic carbocycles. The molecule has 1 heteroatoms. The highest BCUT2D eigenvalue weighted by atomic mass is 15.1. The number of anilines is 3. The lowest BCUT2D eigenvalue weighted by atomic mass is 9.70. The molecule has 0 aromatic heterocycles. The van der Waals surface area contributed by atoms with Gasteiger partial charge in [-0.25, -0.2) is 0 Å². The maximum atomic E-state index is 2.60. The minimum Gasteiger partial charge on any atom is -0.310 e. The van der Waals surface area contributed by atoms with Crippen molar-refractivity contribution >= 4 is 17.1 Å². The highest BCUT2D eigenvalue weighted by molar-refractivity contribution is 5.87. The van der Waals surface area contributed by atoms with Crippen LogP contribution in [-0.2, 0) is 18.3 Å². The van der Waals surface area contributed by atoms with Gasteiger partial charge in [0.1, 0.15) is 0 Å². The largest absolute Gasteiger partial charge is 0.310 e. The Morgan fingerprint density at radius 2 is 1.06 bits per heavy atom. The van der Waals surface area contributed by atoms with Crippen LogP contribution in [0.5, 0.6) is 0 Å². The van der Waals surface area contributed by atoms with Gasteiger partial charge in [0.05, 0.1) is 0 Å². The van der Waals surface area contributed by atoms with Gasteiger partial charge < -0.3 is 4.90 Å². The molecule has 1 nitrogen and oxygen atoms in total. The normalized spacial score (nSPS) is 13.8. The van der Waals surface area contributed by atoms with Crippen molar-refractivity contribution in [3.8, 4) is 22.3 Å². The van der Waals surface area contributed by atoms with Crippen molar-refractivity contribution in [2.75, 3.05) is 4.90 Å². The third kappa shape index (κ3) is 6.94. The number of hydrogen-bond acceptors (Lipinski definition) is 1.